The smallest absolute Gasteiger partial charge is 0.261 e. The Morgan fingerprint density at radius 2 is 1.73 bits per heavy atom. The molecule has 0 saturated heterocycles. The van der Waals surface area contributed by atoms with Crippen LogP contribution in [0.4, 0.5) is 0 Å². The summed E-state index contributed by atoms with van der Waals surface area (Å²) in [5.41, 5.74) is 1.68. The predicted molar refractivity (Wildman–Crippen MR) is 102 cm³/mol. The Bertz CT molecular complexity index is 782. The number of halogens is 1. The number of rotatable bonds is 7. The fourth-order valence-electron chi connectivity index (χ4n) is 3.00. The van der Waals surface area contributed by atoms with Gasteiger partial charge in [-0.25, -0.2) is 0 Å². The van der Waals surface area contributed by atoms with Gasteiger partial charge >= 0.3 is 0 Å². The van der Waals surface area contributed by atoms with Gasteiger partial charge in [0, 0.05) is 16.6 Å². The summed E-state index contributed by atoms with van der Waals surface area (Å²) in [6.07, 6.45) is 2.05. The molecular weight excluding hydrogens is 350 g/mol. The van der Waals surface area contributed by atoms with Crippen LogP contribution in [0.25, 0.3) is 0 Å². The molecule has 0 aliphatic heterocycles. The van der Waals surface area contributed by atoms with E-state index in [9.17, 15) is 9.59 Å². The third-order valence-electron chi connectivity index (χ3n) is 4.62. The molecule has 0 bridgehead atoms. The van der Waals surface area contributed by atoms with Gasteiger partial charge in [-0.05, 0) is 68.7 Å². The zero-order valence-electron chi connectivity index (χ0n) is 14.9. The second-order valence-electron chi connectivity index (χ2n) is 6.63. The van der Waals surface area contributed by atoms with Crippen LogP contribution < -0.4 is 4.74 Å². The molecule has 0 heterocycles. The first kappa shape index (κ1) is 18.5. The molecule has 26 heavy (non-hydrogen) atoms. The lowest BCUT2D eigenvalue weighted by Gasteiger charge is -2.30. The Morgan fingerprint density at radius 3 is 2.27 bits per heavy atom. The summed E-state index contributed by atoms with van der Waals surface area (Å²) >= 11 is 5.96. The SMILES string of the molecule is CC(=O)c1ccc(OCC(=O)N(C2CC2)[C@@H](C)c2ccc(Cl)cc2)cc1. The minimum atomic E-state index is -0.0365. The van der Waals surface area contributed by atoms with Crippen LogP contribution in [0.1, 0.15) is 48.7 Å². The van der Waals surface area contributed by atoms with Gasteiger partial charge in [0.2, 0.25) is 0 Å². The highest BCUT2D eigenvalue weighted by Gasteiger charge is 2.36. The maximum Gasteiger partial charge on any atom is 0.261 e. The molecule has 1 amide bonds. The van der Waals surface area contributed by atoms with Gasteiger partial charge in [-0.3, -0.25) is 9.59 Å². The molecule has 3 rings (SSSR count). The molecule has 1 aliphatic rings. The maximum absolute atomic E-state index is 12.8. The zero-order valence-corrected chi connectivity index (χ0v) is 15.7. The van der Waals surface area contributed by atoms with Crippen molar-refractivity contribution in [1.29, 1.82) is 0 Å². The molecule has 136 valence electrons. The van der Waals surface area contributed by atoms with E-state index in [0.29, 0.717) is 16.3 Å². The van der Waals surface area contributed by atoms with E-state index < -0.39 is 0 Å². The largest absolute Gasteiger partial charge is 0.484 e. The Morgan fingerprint density at radius 1 is 1.12 bits per heavy atom. The van der Waals surface area contributed by atoms with E-state index in [0.717, 1.165) is 18.4 Å². The van der Waals surface area contributed by atoms with Crippen molar-refractivity contribution in [2.24, 2.45) is 0 Å². The molecule has 2 aromatic rings. The van der Waals surface area contributed by atoms with Crippen molar-refractivity contribution in [3.63, 3.8) is 0 Å². The molecule has 1 saturated carbocycles. The van der Waals surface area contributed by atoms with Crippen LogP contribution in [-0.2, 0) is 4.79 Å². The van der Waals surface area contributed by atoms with E-state index in [1.807, 2.05) is 36.1 Å². The zero-order chi connectivity index (χ0) is 18.7. The second kappa shape index (κ2) is 7.92. The molecule has 5 heteroatoms. The maximum atomic E-state index is 12.8. The van der Waals surface area contributed by atoms with Crippen LogP contribution in [0.3, 0.4) is 0 Å². The monoisotopic (exact) mass is 371 g/mol. The molecule has 0 aromatic heterocycles. The minimum absolute atomic E-state index is 0.00400. The molecule has 0 N–H and O–H groups in total. The van der Waals surface area contributed by atoms with Crippen LogP contribution >= 0.6 is 11.6 Å². The van der Waals surface area contributed by atoms with Crippen molar-refractivity contribution >= 4 is 23.3 Å². The molecule has 2 aromatic carbocycles. The average Bonchev–Trinajstić information content (AvgIpc) is 3.46. The summed E-state index contributed by atoms with van der Waals surface area (Å²) in [5.74, 6) is 0.549. The van der Waals surface area contributed by atoms with Crippen LogP contribution in [0.2, 0.25) is 5.02 Å². The second-order valence-corrected chi connectivity index (χ2v) is 7.07. The van der Waals surface area contributed by atoms with Crippen molar-refractivity contribution < 1.29 is 14.3 Å². The topological polar surface area (TPSA) is 46.6 Å². The van der Waals surface area contributed by atoms with Gasteiger partial charge in [0.25, 0.3) is 5.91 Å². The van der Waals surface area contributed by atoms with Gasteiger partial charge in [0.05, 0.1) is 6.04 Å². The van der Waals surface area contributed by atoms with Crippen LogP contribution in [0.5, 0.6) is 5.75 Å². The Balaban J connectivity index is 1.65. The first-order valence-corrected chi connectivity index (χ1v) is 9.14. The van der Waals surface area contributed by atoms with E-state index in [1.165, 1.54) is 6.92 Å². The molecule has 0 radical (unpaired) electrons. The first-order chi connectivity index (χ1) is 12.5. The average molecular weight is 372 g/mol. The summed E-state index contributed by atoms with van der Waals surface area (Å²) in [5, 5.41) is 0.683. The molecule has 1 atom stereocenters. The van der Waals surface area contributed by atoms with E-state index in [4.69, 9.17) is 16.3 Å². The molecule has 4 nitrogen and oxygen atoms in total. The normalized spacial score (nSPS) is 14.6. The molecular formula is C21H22ClNO3. The summed E-state index contributed by atoms with van der Waals surface area (Å²) in [7, 11) is 0. The van der Waals surface area contributed by atoms with Gasteiger partial charge < -0.3 is 9.64 Å². The summed E-state index contributed by atoms with van der Waals surface area (Å²) in [6, 6.07) is 14.7. The van der Waals surface area contributed by atoms with Gasteiger partial charge in [-0.2, -0.15) is 0 Å². The van der Waals surface area contributed by atoms with Gasteiger partial charge in [0.1, 0.15) is 5.75 Å². The van der Waals surface area contributed by atoms with Gasteiger partial charge in [0.15, 0.2) is 12.4 Å². The highest BCUT2D eigenvalue weighted by molar-refractivity contribution is 6.30. The Kier molecular flexibility index (Phi) is 5.62. The quantitative estimate of drug-likeness (QED) is 0.664. The van der Waals surface area contributed by atoms with E-state index in [-0.39, 0.29) is 30.4 Å². The Labute approximate surface area is 158 Å². The number of amides is 1. The third kappa shape index (κ3) is 4.44. The molecule has 1 aliphatic carbocycles. The summed E-state index contributed by atoms with van der Waals surface area (Å²) in [4.78, 5) is 26.0. The van der Waals surface area contributed by atoms with Gasteiger partial charge in [-0.15, -0.1) is 0 Å². The van der Waals surface area contributed by atoms with Crippen LogP contribution in [-0.4, -0.2) is 29.2 Å². The number of carbonyl (C=O) groups excluding carboxylic acids is 2. The lowest BCUT2D eigenvalue weighted by Crippen LogP contribution is -2.38. The third-order valence-corrected chi connectivity index (χ3v) is 4.87. The van der Waals surface area contributed by atoms with Crippen LogP contribution in [0.15, 0.2) is 48.5 Å². The number of nitrogens with zero attached hydrogens (tertiary/aromatic N) is 1. The number of carbonyl (C=O) groups is 2. The summed E-state index contributed by atoms with van der Waals surface area (Å²) < 4.78 is 5.64. The number of hydrogen-bond acceptors (Lipinski definition) is 3. The number of ketones is 1. The van der Waals surface area contributed by atoms with E-state index >= 15 is 0 Å². The fraction of sp³-hybridized carbons (Fsp3) is 0.333. The van der Waals surface area contributed by atoms with Crippen molar-refractivity contribution in [2.75, 3.05) is 6.61 Å². The minimum Gasteiger partial charge on any atom is -0.484 e. The highest BCUT2D eigenvalue weighted by atomic mass is 35.5. The lowest BCUT2D eigenvalue weighted by molar-refractivity contribution is -0.136. The molecule has 0 unspecified atom stereocenters. The number of ether oxygens (including phenoxy) is 1. The van der Waals surface area contributed by atoms with Crippen LogP contribution in [0, 0.1) is 0 Å². The standard InChI is InChI=1S/C21H22ClNO3/c1-14(16-3-7-18(22)8-4-16)23(19-9-10-19)21(25)13-26-20-11-5-17(6-12-20)15(2)24/h3-8,11-12,14,19H,9-10,13H2,1-2H3/t14-/m0/s1. The summed E-state index contributed by atoms with van der Waals surface area (Å²) in [6.45, 7) is 3.53. The highest BCUT2D eigenvalue weighted by Crippen LogP contribution is 2.34. The first-order valence-electron chi connectivity index (χ1n) is 8.76. The van der Waals surface area contributed by atoms with E-state index in [2.05, 4.69) is 0 Å². The van der Waals surface area contributed by atoms with Crippen molar-refractivity contribution in [3.05, 3.63) is 64.7 Å². The number of Topliss-reactive ketones (excluding diaryl/α,β-unsaturated/α-hetero) is 1. The molecule has 1 fully saturated rings. The predicted octanol–water partition coefficient (Wildman–Crippen LogP) is 4.67. The van der Waals surface area contributed by atoms with Crippen molar-refractivity contribution in [2.45, 2.75) is 38.8 Å². The lowest BCUT2D eigenvalue weighted by atomic mass is 10.1. The van der Waals surface area contributed by atoms with Crippen molar-refractivity contribution in [3.8, 4) is 5.75 Å². The van der Waals surface area contributed by atoms with E-state index in [1.54, 1.807) is 24.3 Å². The molecule has 0 spiro atoms. The van der Waals surface area contributed by atoms with Crippen molar-refractivity contribution in [1.82, 2.24) is 4.90 Å². The van der Waals surface area contributed by atoms with Gasteiger partial charge in [-0.1, -0.05) is 23.7 Å². The number of benzene rings is 2. The number of hydrogen-bond donors (Lipinski definition) is 0. The fourth-order valence-corrected chi connectivity index (χ4v) is 3.12. The Hall–Kier alpha value is -2.33.